The van der Waals surface area contributed by atoms with Crippen molar-refractivity contribution in [1.82, 2.24) is 9.80 Å². The van der Waals surface area contributed by atoms with Crippen LogP contribution in [0.2, 0.25) is 0 Å². The van der Waals surface area contributed by atoms with Crippen molar-refractivity contribution in [2.75, 3.05) is 32.1 Å². The Morgan fingerprint density at radius 2 is 1.48 bits per heavy atom. The summed E-state index contributed by atoms with van der Waals surface area (Å²) in [7, 11) is 3.84. The number of para-hydroxylation sites is 1. The third-order valence-electron chi connectivity index (χ3n) is 5.24. The van der Waals surface area contributed by atoms with Gasteiger partial charge in [-0.05, 0) is 50.7 Å². The number of amides is 2. The molecule has 1 fully saturated rings. The van der Waals surface area contributed by atoms with Crippen LogP contribution in [0.3, 0.4) is 0 Å². The highest BCUT2D eigenvalue weighted by Crippen LogP contribution is 2.20. The molecule has 0 aliphatic carbocycles. The highest BCUT2D eigenvalue weighted by molar-refractivity contribution is 6.40. The molecule has 0 unspecified atom stereocenters. The van der Waals surface area contributed by atoms with Gasteiger partial charge >= 0.3 is 11.8 Å². The minimum Gasteiger partial charge on any atom is -0.334 e. The van der Waals surface area contributed by atoms with Gasteiger partial charge < -0.3 is 9.80 Å². The molecule has 2 aromatic carbocycles. The normalized spacial score (nSPS) is 15.3. The number of rotatable bonds is 4. The number of likely N-dealkylation sites (N-methyl/N-ethyl adjacent to an activating group) is 1. The number of carbonyl (C=O) groups excluding carboxylic acids is 2. The molecular weight excluding hydrogens is 338 g/mol. The van der Waals surface area contributed by atoms with Crippen LogP contribution in [0.1, 0.15) is 18.4 Å². The number of nitrogens with zero attached hydrogens (tertiary/aromatic N) is 3. The van der Waals surface area contributed by atoms with Crippen molar-refractivity contribution >= 4 is 17.5 Å². The fourth-order valence-corrected chi connectivity index (χ4v) is 3.47. The van der Waals surface area contributed by atoms with Gasteiger partial charge in [-0.15, -0.1) is 0 Å². The SMILES string of the molecule is CN1CCC(N(C)C(=O)C(=O)N(Cc2ccccc2)c2ccccc2)CC1. The van der Waals surface area contributed by atoms with Gasteiger partial charge in [-0.25, -0.2) is 0 Å². The van der Waals surface area contributed by atoms with Crippen molar-refractivity contribution in [3.8, 4) is 0 Å². The summed E-state index contributed by atoms with van der Waals surface area (Å²) in [4.78, 5) is 31.5. The molecule has 0 aromatic heterocycles. The molecule has 1 aliphatic rings. The van der Waals surface area contributed by atoms with Gasteiger partial charge in [-0.3, -0.25) is 14.5 Å². The molecule has 27 heavy (non-hydrogen) atoms. The van der Waals surface area contributed by atoms with E-state index in [1.165, 1.54) is 0 Å². The lowest BCUT2D eigenvalue weighted by atomic mass is 10.0. The van der Waals surface area contributed by atoms with E-state index >= 15 is 0 Å². The monoisotopic (exact) mass is 365 g/mol. The van der Waals surface area contributed by atoms with Crippen LogP contribution in [0.4, 0.5) is 5.69 Å². The second-order valence-electron chi connectivity index (χ2n) is 7.16. The summed E-state index contributed by atoms with van der Waals surface area (Å²) in [6.07, 6.45) is 1.80. The van der Waals surface area contributed by atoms with Crippen molar-refractivity contribution in [2.24, 2.45) is 0 Å². The van der Waals surface area contributed by atoms with Gasteiger partial charge in [0.05, 0.1) is 6.54 Å². The average molecular weight is 365 g/mol. The fourth-order valence-electron chi connectivity index (χ4n) is 3.47. The van der Waals surface area contributed by atoms with Crippen molar-refractivity contribution in [3.63, 3.8) is 0 Å². The van der Waals surface area contributed by atoms with Gasteiger partial charge in [-0.1, -0.05) is 48.5 Å². The first kappa shape index (κ1) is 19.1. The molecular formula is C22H27N3O2. The van der Waals surface area contributed by atoms with Gasteiger partial charge in [0.15, 0.2) is 0 Å². The van der Waals surface area contributed by atoms with Crippen LogP contribution in [0.15, 0.2) is 60.7 Å². The minimum atomic E-state index is -0.480. The molecule has 2 amide bonds. The number of hydrogen-bond acceptors (Lipinski definition) is 3. The second kappa shape index (κ2) is 8.82. The van der Waals surface area contributed by atoms with E-state index in [1.807, 2.05) is 60.7 Å². The zero-order valence-electron chi connectivity index (χ0n) is 16.0. The van der Waals surface area contributed by atoms with Crippen molar-refractivity contribution in [3.05, 3.63) is 66.2 Å². The van der Waals surface area contributed by atoms with E-state index in [-0.39, 0.29) is 6.04 Å². The highest BCUT2D eigenvalue weighted by Gasteiger charge is 2.31. The first-order valence-corrected chi connectivity index (χ1v) is 9.42. The zero-order chi connectivity index (χ0) is 19.2. The van der Waals surface area contributed by atoms with Crippen LogP contribution >= 0.6 is 0 Å². The van der Waals surface area contributed by atoms with E-state index in [2.05, 4.69) is 11.9 Å². The summed E-state index contributed by atoms with van der Waals surface area (Å²) >= 11 is 0. The number of benzene rings is 2. The van der Waals surface area contributed by atoms with E-state index in [0.717, 1.165) is 37.2 Å². The van der Waals surface area contributed by atoms with Crippen LogP contribution in [-0.4, -0.2) is 54.8 Å². The van der Waals surface area contributed by atoms with Crippen LogP contribution < -0.4 is 4.90 Å². The molecule has 0 atom stereocenters. The molecule has 0 N–H and O–H groups in total. The molecule has 1 saturated heterocycles. The quantitative estimate of drug-likeness (QED) is 0.783. The van der Waals surface area contributed by atoms with Crippen molar-refractivity contribution in [2.45, 2.75) is 25.4 Å². The van der Waals surface area contributed by atoms with Gasteiger partial charge in [-0.2, -0.15) is 0 Å². The van der Waals surface area contributed by atoms with Crippen LogP contribution in [0, 0.1) is 0 Å². The molecule has 0 bridgehead atoms. The number of anilines is 1. The predicted molar refractivity (Wildman–Crippen MR) is 107 cm³/mol. The summed E-state index contributed by atoms with van der Waals surface area (Å²) in [5.74, 6) is -0.921. The maximum absolute atomic E-state index is 13.1. The first-order valence-electron chi connectivity index (χ1n) is 9.42. The summed E-state index contributed by atoms with van der Waals surface area (Å²) in [5, 5.41) is 0. The lowest BCUT2D eigenvalue weighted by Gasteiger charge is -2.35. The molecule has 0 saturated carbocycles. The fraction of sp³-hybridized carbons (Fsp3) is 0.364. The smallest absolute Gasteiger partial charge is 0.316 e. The lowest BCUT2D eigenvalue weighted by Crippen LogP contribution is -2.50. The Kier molecular flexibility index (Phi) is 6.24. The second-order valence-corrected chi connectivity index (χ2v) is 7.16. The summed E-state index contributed by atoms with van der Waals surface area (Å²) < 4.78 is 0. The molecule has 5 nitrogen and oxygen atoms in total. The summed E-state index contributed by atoms with van der Waals surface area (Å²) in [5.41, 5.74) is 1.72. The number of piperidine rings is 1. The molecule has 5 heteroatoms. The molecule has 2 aromatic rings. The van der Waals surface area contributed by atoms with E-state index in [0.29, 0.717) is 6.54 Å². The van der Waals surface area contributed by atoms with Crippen LogP contribution in [0.5, 0.6) is 0 Å². The number of likely N-dealkylation sites (tertiary alicyclic amines) is 1. The zero-order valence-corrected chi connectivity index (χ0v) is 16.0. The Balaban J connectivity index is 1.78. The highest BCUT2D eigenvalue weighted by atomic mass is 16.2. The molecule has 1 aliphatic heterocycles. The van der Waals surface area contributed by atoms with Gasteiger partial charge in [0, 0.05) is 18.8 Å². The summed E-state index contributed by atoms with van der Waals surface area (Å²) in [6.45, 7) is 2.27. The Morgan fingerprint density at radius 3 is 2.07 bits per heavy atom. The van der Waals surface area contributed by atoms with Crippen LogP contribution in [0.25, 0.3) is 0 Å². The van der Waals surface area contributed by atoms with E-state index in [4.69, 9.17) is 0 Å². The molecule has 0 radical (unpaired) electrons. The predicted octanol–water partition coefficient (Wildman–Crippen LogP) is 2.77. The van der Waals surface area contributed by atoms with E-state index < -0.39 is 11.8 Å². The van der Waals surface area contributed by atoms with Crippen molar-refractivity contribution < 1.29 is 9.59 Å². The average Bonchev–Trinajstić information content (AvgIpc) is 2.72. The van der Waals surface area contributed by atoms with E-state index in [9.17, 15) is 9.59 Å². The van der Waals surface area contributed by atoms with E-state index in [1.54, 1.807) is 16.8 Å². The van der Waals surface area contributed by atoms with Crippen molar-refractivity contribution in [1.29, 1.82) is 0 Å². The molecule has 3 rings (SSSR count). The Labute approximate surface area is 161 Å². The van der Waals surface area contributed by atoms with Gasteiger partial charge in [0.25, 0.3) is 0 Å². The molecule has 142 valence electrons. The largest absolute Gasteiger partial charge is 0.334 e. The topological polar surface area (TPSA) is 43.9 Å². The number of hydrogen-bond donors (Lipinski definition) is 0. The minimum absolute atomic E-state index is 0.118. The van der Waals surface area contributed by atoms with Gasteiger partial charge in [0.1, 0.15) is 0 Å². The van der Waals surface area contributed by atoms with Crippen LogP contribution in [-0.2, 0) is 16.1 Å². The Hall–Kier alpha value is -2.66. The number of carbonyl (C=O) groups is 2. The lowest BCUT2D eigenvalue weighted by molar-refractivity contribution is -0.145. The molecule has 1 heterocycles. The summed E-state index contributed by atoms with van der Waals surface area (Å²) in [6, 6.07) is 19.3. The Bertz CT molecular complexity index is 756. The standard InChI is InChI=1S/C22H27N3O2/c1-23-15-13-19(14-16-23)24(2)21(26)22(27)25(20-11-7-4-8-12-20)17-18-9-5-3-6-10-18/h3-12,19H,13-17H2,1-2H3. The van der Waals surface area contributed by atoms with Gasteiger partial charge in [0.2, 0.25) is 0 Å². The first-order chi connectivity index (χ1) is 13.1. The molecule has 0 spiro atoms. The maximum atomic E-state index is 13.1. The third kappa shape index (κ3) is 4.74. The maximum Gasteiger partial charge on any atom is 0.316 e. The third-order valence-corrected chi connectivity index (χ3v) is 5.24. The Morgan fingerprint density at radius 1 is 0.926 bits per heavy atom.